The van der Waals surface area contributed by atoms with Crippen LogP contribution in [0, 0.1) is 0 Å². The maximum atomic E-state index is 11.2. The minimum absolute atomic E-state index is 0.108. The molecule has 2 rings (SSSR count). The van der Waals surface area contributed by atoms with Gasteiger partial charge in [-0.25, -0.2) is 8.42 Å². The number of sulfone groups is 1. The Morgan fingerprint density at radius 2 is 2.24 bits per heavy atom. The number of nitrogens with two attached hydrogens (primary N) is 1. The molecule has 0 saturated heterocycles. The molecule has 1 aliphatic rings. The van der Waals surface area contributed by atoms with Crippen LogP contribution in [0.1, 0.15) is 17.2 Å². The molecule has 17 heavy (non-hydrogen) atoms. The standard InChI is InChI=1S/C11H14ClNO3S/c1-17(14,15)6-10(13)9-5-8(12)4-7-2-3-16-11(7)9/h4-5,10H,2-3,6,13H2,1H3. The molecule has 0 aliphatic carbocycles. The molecule has 1 unspecified atom stereocenters. The molecule has 1 aromatic carbocycles. The molecule has 0 fully saturated rings. The Morgan fingerprint density at radius 3 is 2.88 bits per heavy atom. The predicted molar refractivity (Wildman–Crippen MR) is 67.3 cm³/mol. The first-order chi connectivity index (χ1) is 7.87. The highest BCUT2D eigenvalue weighted by Gasteiger charge is 2.23. The summed E-state index contributed by atoms with van der Waals surface area (Å²) in [5.41, 5.74) is 7.58. The second kappa shape index (κ2) is 4.48. The van der Waals surface area contributed by atoms with E-state index in [2.05, 4.69) is 0 Å². The topological polar surface area (TPSA) is 69.4 Å². The van der Waals surface area contributed by atoms with Gasteiger partial charge >= 0.3 is 0 Å². The van der Waals surface area contributed by atoms with E-state index >= 15 is 0 Å². The third-order valence-corrected chi connectivity index (χ3v) is 3.84. The molecule has 0 amide bonds. The van der Waals surface area contributed by atoms with E-state index in [1.807, 2.05) is 6.07 Å². The summed E-state index contributed by atoms with van der Waals surface area (Å²) in [7, 11) is -3.13. The van der Waals surface area contributed by atoms with Crippen LogP contribution in [0.15, 0.2) is 12.1 Å². The normalized spacial score (nSPS) is 16.4. The SMILES string of the molecule is CS(=O)(=O)CC(N)c1cc(Cl)cc2c1OCC2. The van der Waals surface area contributed by atoms with Gasteiger partial charge in [-0.3, -0.25) is 0 Å². The summed E-state index contributed by atoms with van der Waals surface area (Å²) in [5, 5.41) is 0.563. The van der Waals surface area contributed by atoms with Gasteiger partial charge in [-0.15, -0.1) is 0 Å². The zero-order chi connectivity index (χ0) is 12.6. The fourth-order valence-electron chi connectivity index (χ4n) is 1.99. The predicted octanol–water partition coefficient (Wildman–Crippen LogP) is 1.32. The summed E-state index contributed by atoms with van der Waals surface area (Å²) < 4.78 is 28.0. The van der Waals surface area contributed by atoms with Gasteiger partial charge in [0, 0.05) is 29.3 Å². The number of rotatable bonds is 3. The fourth-order valence-corrected chi connectivity index (χ4v) is 3.07. The van der Waals surface area contributed by atoms with Crippen LogP contribution in [0.25, 0.3) is 0 Å². The summed E-state index contributed by atoms with van der Waals surface area (Å²) in [6.45, 7) is 0.592. The van der Waals surface area contributed by atoms with Crippen LogP contribution in [0.4, 0.5) is 0 Å². The first-order valence-corrected chi connectivity index (χ1v) is 7.69. The first kappa shape index (κ1) is 12.7. The zero-order valence-electron chi connectivity index (χ0n) is 9.44. The highest BCUT2D eigenvalue weighted by molar-refractivity contribution is 7.90. The molecule has 1 atom stereocenters. The van der Waals surface area contributed by atoms with Crippen molar-refractivity contribution in [3.05, 3.63) is 28.3 Å². The molecular formula is C11H14ClNO3S. The highest BCUT2D eigenvalue weighted by Crippen LogP contribution is 2.35. The van der Waals surface area contributed by atoms with Crippen molar-refractivity contribution in [3.8, 4) is 5.75 Å². The number of hydrogen-bond donors (Lipinski definition) is 1. The van der Waals surface area contributed by atoms with Gasteiger partial charge in [-0.1, -0.05) is 11.6 Å². The lowest BCUT2D eigenvalue weighted by atomic mass is 10.0. The van der Waals surface area contributed by atoms with Gasteiger partial charge in [0.05, 0.1) is 12.4 Å². The molecule has 1 aromatic rings. The van der Waals surface area contributed by atoms with Gasteiger partial charge in [0.15, 0.2) is 0 Å². The minimum atomic E-state index is -3.13. The summed E-state index contributed by atoms with van der Waals surface area (Å²) >= 11 is 5.98. The molecule has 1 aliphatic heterocycles. The third-order valence-electron chi connectivity index (χ3n) is 2.66. The van der Waals surface area contributed by atoms with E-state index in [1.54, 1.807) is 6.07 Å². The van der Waals surface area contributed by atoms with Crippen LogP contribution < -0.4 is 10.5 Å². The van der Waals surface area contributed by atoms with Gasteiger partial charge in [0.1, 0.15) is 15.6 Å². The van der Waals surface area contributed by atoms with Crippen molar-refractivity contribution >= 4 is 21.4 Å². The van der Waals surface area contributed by atoms with Crippen LogP contribution in [0.3, 0.4) is 0 Å². The van der Waals surface area contributed by atoms with E-state index in [9.17, 15) is 8.42 Å². The van der Waals surface area contributed by atoms with Crippen molar-refractivity contribution in [2.75, 3.05) is 18.6 Å². The van der Waals surface area contributed by atoms with Gasteiger partial charge in [0.25, 0.3) is 0 Å². The maximum Gasteiger partial charge on any atom is 0.149 e. The van der Waals surface area contributed by atoms with E-state index in [1.165, 1.54) is 6.26 Å². The average Bonchev–Trinajstić information content (AvgIpc) is 2.60. The van der Waals surface area contributed by atoms with E-state index in [0.29, 0.717) is 22.9 Å². The van der Waals surface area contributed by atoms with Crippen molar-refractivity contribution in [1.29, 1.82) is 0 Å². The second-order valence-corrected chi connectivity index (χ2v) is 6.90. The van der Waals surface area contributed by atoms with Crippen molar-refractivity contribution in [2.24, 2.45) is 5.73 Å². The number of halogens is 1. The quantitative estimate of drug-likeness (QED) is 0.903. The molecule has 4 nitrogen and oxygen atoms in total. The smallest absolute Gasteiger partial charge is 0.149 e. The average molecular weight is 276 g/mol. The maximum absolute atomic E-state index is 11.2. The van der Waals surface area contributed by atoms with Crippen LogP contribution in [-0.2, 0) is 16.3 Å². The number of hydrogen-bond acceptors (Lipinski definition) is 4. The molecule has 0 saturated carbocycles. The Labute approximate surface area is 106 Å². The van der Waals surface area contributed by atoms with Crippen LogP contribution in [-0.4, -0.2) is 27.0 Å². The second-order valence-electron chi connectivity index (χ2n) is 4.28. The van der Waals surface area contributed by atoms with Crippen molar-refractivity contribution in [2.45, 2.75) is 12.5 Å². The first-order valence-electron chi connectivity index (χ1n) is 5.25. The third kappa shape index (κ3) is 2.91. The van der Waals surface area contributed by atoms with Gasteiger partial charge in [-0.2, -0.15) is 0 Å². The summed E-state index contributed by atoms with van der Waals surface area (Å²) in [6, 6.07) is 2.91. The Hall–Kier alpha value is -0.780. The molecule has 0 spiro atoms. The van der Waals surface area contributed by atoms with E-state index in [0.717, 1.165) is 12.0 Å². The Bertz CT molecular complexity index is 542. The zero-order valence-corrected chi connectivity index (χ0v) is 11.0. The van der Waals surface area contributed by atoms with Gasteiger partial charge < -0.3 is 10.5 Å². The summed E-state index contributed by atoms with van der Waals surface area (Å²) in [5.74, 6) is 0.592. The molecule has 2 N–H and O–H groups in total. The molecule has 94 valence electrons. The van der Waals surface area contributed by atoms with Gasteiger partial charge in [0.2, 0.25) is 0 Å². The number of fused-ring (bicyclic) bond motifs is 1. The molecule has 0 bridgehead atoms. The van der Waals surface area contributed by atoms with Crippen LogP contribution in [0.2, 0.25) is 5.02 Å². The number of benzene rings is 1. The minimum Gasteiger partial charge on any atom is -0.493 e. The molecular weight excluding hydrogens is 262 g/mol. The van der Waals surface area contributed by atoms with E-state index < -0.39 is 15.9 Å². The van der Waals surface area contributed by atoms with E-state index in [4.69, 9.17) is 22.1 Å². The molecule has 0 radical (unpaired) electrons. The lowest BCUT2D eigenvalue weighted by Crippen LogP contribution is -2.21. The largest absolute Gasteiger partial charge is 0.493 e. The monoisotopic (exact) mass is 275 g/mol. The van der Waals surface area contributed by atoms with Crippen molar-refractivity contribution in [3.63, 3.8) is 0 Å². The highest BCUT2D eigenvalue weighted by atomic mass is 35.5. The molecule has 1 heterocycles. The summed E-state index contributed by atoms with van der Waals surface area (Å²) in [4.78, 5) is 0. The number of ether oxygens (including phenoxy) is 1. The van der Waals surface area contributed by atoms with E-state index in [-0.39, 0.29) is 5.75 Å². The lowest BCUT2D eigenvalue weighted by Gasteiger charge is -2.15. The Balaban J connectivity index is 2.38. The molecule has 6 heteroatoms. The van der Waals surface area contributed by atoms with Crippen LogP contribution >= 0.6 is 11.6 Å². The Kier molecular flexibility index (Phi) is 3.34. The Morgan fingerprint density at radius 1 is 1.53 bits per heavy atom. The lowest BCUT2D eigenvalue weighted by molar-refractivity contribution is 0.352. The summed E-state index contributed by atoms with van der Waals surface area (Å²) in [6.07, 6.45) is 1.95. The van der Waals surface area contributed by atoms with Crippen LogP contribution in [0.5, 0.6) is 5.75 Å². The van der Waals surface area contributed by atoms with Crippen molar-refractivity contribution in [1.82, 2.24) is 0 Å². The fraction of sp³-hybridized carbons (Fsp3) is 0.455. The van der Waals surface area contributed by atoms with Gasteiger partial charge in [-0.05, 0) is 17.7 Å². The molecule has 0 aromatic heterocycles. The van der Waals surface area contributed by atoms with Crippen molar-refractivity contribution < 1.29 is 13.2 Å².